The van der Waals surface area contributed by atoms with Crippen molar-refractivity contribution >= 4 is 28.9 Å². The van der Waals surface area contributed by atoms with Crippen molar-refractivity contribution in [3.8, 4) is 0 Å². The molecule has 0 saturated heterocycles. The quantitative estimate of drug-likeness (QED) is 0.746. The summed E-state index contributed by atoms with van der Waals surface area (Å²) < 4.78 is 18.9. The van der Waals surface area contributed by atoms with Gasteiger partial charge in [-0.2, -0.15) is 0 Å². The molecule has 1 aliphatic carbocycles. The molecule has 1 atom stereocenters. The predicted octanol–water partition coefficient (Wildman–Crippen LogP) is 5.10. The monoisotopic (exact) mass is 366 g/mol. The summed E-state index contributed by atoms with van der Waals surface area (Å²) >= 11 is 7.24. The van der Waals surface area contributed by atoms with Crippen LogP contribution < -0.4 is 0 Å². The van der Waals surface area contributed by atoms with Gasteiger partial charge in [0.2, 0.25) is 5.89 Å². The van der Waals surface area contributed by atoms with Crippen LogP contribution in [0.2, 0.25) is 5.02 Å². The zero-order valence-corrected chi connectivity index (χ0v) is 14.6. The Morgan fingerprint density at radius 2 is 2.21 bits per heavy atom. The van der Waals surface area contributed by atoms with Gasteiger partial charge in [0.15, 0.2) is 5.09 Å². The van der Waals surface area contributed by atoms with E-state index in [-0.39, 0.29) is 5.83 Å². The number of pyridine rings is 1. The number of oxazole rings is 1. The Hall–Kier alpha value is -1.63. The Morgan fingerprint density at radius 3 is 2.83 bits per heavy atom. The third-order valence-corrected chi connectivity index (χ3v) is 4.75. The zero-order valence-electron chi connectivity index (χ0n) is 13.0. The van der Waals surface area contributed by atoms with E-state index in [1.54, 1.807) is 25.3 Å². The third-order valence-electron chi connectivity index (χ3n) is 3.53. The first-order valence-electron chi connectivity index (χ1n) is 7.50. The molecule has 2 aromatic rings. The van der Waals surface area contributed by atoms with Crippen molar-refractivity contribution in [2.75, 3.05) is 0 Å². The number of thioether (sulfide) groups is 1. The van der Waals surface area contributed by atoms with Gasteiger partial charge in [-0.15, -0.1) is 0 Å². The minimum atomic E-state index is -0.750. The van der Waals surface area contributed by atoms with Crippen LogP contribution in [0, 0.1) is 0 Å². The number of rotatable bonds is 5. The Labute approximate surface area is 148 Å². The summed E-state index contributed by atoms with van der Waals surface area (Å²) in [4.78, 5) is 8.62. The van der Waals surface area contributed by atoms with E-state index in [1.807, 2.05) is 6.07 Å². The van der Waals surface area contributed by atoms with Crippen molar-refractivity contribution in [2.24, 2.45) is 0 Å². The van der Waals surface area contributed by atoms with Crippen LogP contribution in [0.3, 0.4) is 0 Å². The van der Waals surface area contributed by atoms with Gasteiger partial charge >= 0.3 is 0 Å². The van der Waals surface area contributed by atoms with Crippen molar-refractivity contribution in [2.45, 2.75) is 36.7 Å². The van der Waals surface area contributed by atoms with E-state index in [2.05, 4.69) is 9.97 Å². The van der Waals surface area contributed by atoms with Crippen molar-refractivity contribution in [3.05, 3.63) is 58.6 Å². The third kappa shape index (κ3) is 4.06. The molecule has 1 N–H and O–H groups in total. The lowest BCUT2D eigenvalue weighted by atomic mass is 10.0. The van der Waals surface area contributed by atoms with Crippen LogP contribution in [0.1, 0.15) is 43.1 Å². The summed E-state index contributed by atoms with van der Waals surface area (Å²) in [5, 5.41) is 11.1. The summed E-state index contributed by atoms with van der Waals surface area (Å²) in [5.41, 5.74) is 2.16. The van der Waals surface area contributed by atoms with Gasteiger partial charge in [0, 0.05) is 23.9 Å². The van der Waals surface area contributed by atoms with E-state index in [9.17, 15) is 9.50 Å². The number of hydrogen-bond acceptors (Lipinski definition) is 5. The van der Waals surface area contributed by atoms with Crippen LogP contribution in [-0.2, 0) is 5.75 Å². The first-order valence-corrected chi connectivity index (χ1v) is 8.87. The van der Waals surface area contributed by atoms with Gasteiger partial charge in [0.1, 0.15) is 11.5 Å². The standard InChI is InChI=1S/C17H16ClFN2O2S/c1-10(22)15-17(24-9-14-7-4-12(18)8-20-14)23-16(21-15)11-2-5-13(19)6-3-11/h2,4-5,7-8,10,22H,3,6,9H2,1H3. The SMILES string of the molecule is CC(O)c1nc(C2=CC=C(F)CC2)oc1SCc1ccc(Cl)cn1. The maximum atomic E-state index is 13.1. The minimum Gasteiger partial charge on any atom is -0.430 e. The first kappa shape index (κ1) is 17.2. The number of hydrogen-bond donors (Lipinski definition) is 1. The van der Waals surface area contributed by atoms with Gasteiger partial charge < -0.3 is 9.52 Å². The van der Waals surface area contributed by atoms with Crippen LogP contribution >= 0.6 is 23.4 Å². The topological polar surface area (TPSA) is 59.2 Å². The molecule has 1 unspecified atom stereocenters. The normalized spacial score (nSPS) is 15.8. The Kier molecular flexibility index (Phi) is 5.38. The molecular weight excluding hydrogens is 351 g/mol. The van der Waals surface area contributed by atoms with E-state index in [0.717, 1.165) is 11.3 Å². The second-order valence-electron chi connectivity index (χ2n) is 5.43. The van der Waals surface area contributed by atoms with Gasteiger partial charge in [-0.25, -0.2) is 9.37 Å². The average molecular weight is 367 g/mol. The average Bonchev–Trinajstić information content (AvgIpc) is 2.99. The summed E-state index contributed by atoms with van der Waals surface area (Å²) in [7, 11) is 0. The molecule has 0 fully saturated rings. The Bertz CT molecular complexity index is 784. The molecule has 0 spiro atoms. The molecule has 0 aliphatic heterocycles. The van der Waals surface area contributed by atoms with E-state index in [4.69, 9.17) is 16.0 Å². The largest absolute Gasteiger partial charge is 0.430 e. The number of aliphatic hydroxyl groups excluding tert-OH is 1. The summed E-state index contributed by atoms with van der Waals surface area (Å²) in [5.74, 6) is 0.852. The van der Waals surface area contributed by atoms with Crippen molar-refractivity contribution in [3.63, 3.8) is 0 Å². The summed E-state index contributed by atoms with van der Waals surface area (Å²) in [6.45, 7) is 1.64. The Morgan fingerprint density at radius 1 is 1.38 bits per heavy atom. The van der Waals surface area contributed by atoms with Crippen LogP contribution in [0.15, 0.2) is 45.8 Å². The van der Waals surface area contributed by atoms with Crippen molar-refractivity contribution < 1.29 is 13.9 Å². The van der Waals surface area contributed by atoms with E-state index >= 15 is 0 Å². The van der Waals surface area contributed by atoms with Crippen LogP contribution in [0.5, 0.6) is 0 Å². The smallest absolute Gasteiger partial charge is 0.223 e. The molecule has 0 saturated carbocycles. The zero-order chi connectivity index (χ0) is 17.1. The number of halogens is 2. The molecule has 0 aromatic carbocycles. The highest BCUT2D eigenvalue weighted by Crippen LogP contribution is 2.35. The highest BCUT2D eigenvalue weighted by Gasteiger charge is 2.21. The highest BCUT2D eigenvalue weighted by atomic mass is 35.5. The summed E-state index contributed by atoms with van der Waals surface area (Å²) in [6, 6.07) is 3.62. The molecule has 2 aromatic heterocycles. The molecule has 0 radical (unpaired) electrons. The Balaban J connectivity index is 1.80. The van der Waals surface area contributed by atoms with E-state index < -0.39 is 6.10 Å². The van der Waals surface area contributed by atoms with Gasteiger partial charge in [0.25, 0.3) is 0 Å². The lowest BCUT2D eigenvalue weighted by Crippen LogP contribution is -1.95. The molecule has 3 rings (SSSR count). The van der Waals surface area contributed by atoms with Crippen LogP contribution in [0.4, 0.5) is 4.39 Å². The fourth-order valence-corrected chi connectivity index (χ4v) is 3.31. The van der Waals surface area contributed by atoms with E-state index in [0.29, 0.717) is 40.3 Å². The molecule has 126 valence electrons. The van der Waals surface area contributed by atoms with Crippen molar-refractivity contribution in [1.82, 2.24) is 9.97 Å². The number of aliphatic hydroxyl groups is 1. The molecule has 7 heteroatoms. The predicted molar refractivity (Wildman–Crippen MR) is 92.3 cm³/mol. The molecule has 2 heterocycles. The second-order valence-corrected chi connectivity index (χ2v) is 6.81. The fourth-order valence-electron chi connectivity index (χ4n) is 2.24. The number of nitrogens with zero attached hydrogens (tertiary/aromatic N) is 2. The molecular formula is C17H16ClFN2O2S. The molecule has 0 bridgehead atoms. The molecule has 24 heavy (non-hydrogen) atoms. The second kappa shape index (κ2) is 7.51. The highest BCUT2D eigenvalue weighted by molar-refractivity contribution is 7.98. The van der Waals surface area contributed by atoms with Crippen LogP contribution in [0.25, 0.3) is 5.57 Å². The molecule has 4 nitrogen and oxygen atoms in total. The number of allylic oxidation sites excluding steroid dienone is 4. The van der Waals surface area contributed by atoms with Gasteiger partial charge in [-0.3, -0.25) is 4.98 Å². The number of aromatic nitrogens is 2. The lowest BCUT2D eigenvalue weighted by molar-refractivity contribution is 0.189. The van der Waals surface area contributed by atoms with Gasteiger partial charge in [-0.05, 0) is 31.6 Å². The maximum Gasteiger partial charge on any atom is 0.223 e. The first-order chi connectivity index (χ1) is 11.5. The molecule has 1 aliphatic rings. The van der Waals surface area contributed by atoms with Gasteiger partial charge in [0.05, 0.1) is 16.8 Å². The van der Waals surface area contributed by atoms with Gasteiger partial charge in [-0.1, -0.05) is 29.4 Å². The van der Waals surface area contributed by atoms with Crippen molar-refractivity contribution in [1.29, 1.82) is 0 Å². The maximum absolute atomic E-state index is 13.1. The molecule has 0 amide bonds. The lowest BCUT2D eigenvalue weighted by Gasteiger charge is -2.06. The van der Waals surface area contributed by atoms with Crippen LogP contribution in [-0.4, -0.2) is 15.1 Å². The fraction of sp³-hybridized carbons (Fsp3) is 0.294. The van der Waals surface area contributed by atoms with E-state index in [1.165, 1.54) is 17.8 Å². The minimum absolute atomic E-state index is 0.149. The summed E-state index contributed by atoms with van der Waals surface area (Å²) in [6.07, 6.45) is 4.81.